The number of rotatable bonds is 3. The molecule has 1 nitrogen and oxygen atoms in total. The Morgan fingerprint density at radius 2 is 1.87 bits per heavy atom. The van der Waals surface area contributed by atoms with Crippen molar-refractivity contribution in [2.75, 3.05) is 0 Å². The third kappa shape index (κ3) is 3.44. The molecular weight excluding hydrogens is 231 g/mol. The highest BCUT2D eigenvalue weighted by Gasteiger charge is 2.01. The van der Waals surface area contributed by atoms with Crippen LogP contribution in [-0.4, -0.2) is 0 Å². The van der Waals surface area contributed by atoms with Crippen molar-refractivity contribution in [2.45, 2.75) is 26.2 Å². The van der Waals surface area contributed by atoms with Crippen LogP contribution < -0.4 is 0 Å². The maximum atomic E-state index is 5.67. The van der Waals surface area contributed by atoms with E-state index in [4.69, 9.17) is 4.42 Å². The van der Waals surface area contributed by atoms with Gasteiger partial charge in [-0.15, -0.1) is 24.8 Å². The van der Waals surface area contributed by atoms with Crippen LogP contribution in [0, 0.1) is 0 Å². The van der Waals surface area contributed by atoms with Crippen LogP contribution in [-0.2, 0) is 6.42 Å². The lowest BCUT2D eigenvalue weighted by Gasteiger charge is -1.90. The number of benzene rings is 1. The predicted molar refractivity (Wildman–Crippen MR) is 69.3 cm³/mol. The largest absolute Gasteiger partial charge is 0.461 e. The number of furan rings is 1. The van der Waals surface area contributed by atoms with Gasteiger partial charge >= 0.3 is 0 Å². The number of unbranched alkanes of at least 4 members (excludes halogenated alkanes) is 1. The lowest BCUT2D eigenvalue weighted by Crippen LogP contribution is -1.78. The van der Waals surface area contributed by atoms with E-state index >= 15 is 0 Å². The summed E-state index contributed by atoms with van der Waals surface area (Å²) in [5.74, 6) is 1.11. The third-order valence-electron chi connectivity index (χ3n) is 2.25. The van der Waals surface area contributed by atoms with Gasteiger partial charge in [0.2, 0.25) is 0 Å². The van der Waals surface area contributed by atoms with Gasteiger partial charge in [-0.2, -0.15) is 0 Å². The fourth-order valence-electron chi connectivity index (χ4n) is 1.51. The van der Waals surface area contributed by atoms with E-state index in [0.717, 1.165) is 17.8 Å². The number of hydrogen-bond donors (Lipinski definition) is 0. The first kappa shape index (κ1) is 14.3. The van der Waals surface area contributed by atoms with Crippen molar-refractivity contribution in [2.24, 2.45) is 0 Å². The Morgan fingerprint density at radius 1 is 1.13 bits per heavy atom. The topological polar surface area (TPSA) is 13.1 Å². The smallest absolute Gasteiger partial charge is 0.134 e. The maximum Gasteiger partial charge on any atom is 0.134 e. The first-order chi connectivity index (χ1) is 6.40. The van der Waals surface area contributed by atoms with Crippen LogP contribution in [0.15, 0.2) is 34.7 Å². The molecule has 0 atom stereocenters. The number of aryl methyl sites for hydroxylation is 1. The molecule has 0 radical (unpaired) electrons. The highest BCUT2D eigenvalue weighted by Crippen LogP contribution is 2.19. The molecule has 0 aliphatic rings. The van der Waals surface area contributed by atoms with E-state index in [1.54, 1.807) is 0 Å². The zero-order valence-electron chi connectivity index (χ0n) is 8.73. The van der Waals surface area contributed by atoms with Crippen LogP contribution in [0.1, 0.15) is 25.5 Å². The molecule has 1 aromatic carbocycles. The highest BCUT2D eigenvalue weighted by atomic mass is 35.5. The summed E-state index contributed by atoms with van der Waals surface area (Å²) in [7, 11) is 0. The fourth-order valence-corrected chi connectivity index (χ4v) is 1.51. The Bertz CT molecular complexity index is 362. The lowest BCUT2D eigenvalue weighted by atomic mass is 10.2. The minimum atomic E-state index is 0. The van der Waals surface area contributed by atoms with Crippen molar-refractivity contribution in [3.8, 4) is 0 Å². The zero-order valence-corrected chi connectivity index (χ0v) is 10.4. The predicted octanol–water partition coefficient (Wildman–Crippen LogP) is 4.62. The molecule has 0 bridgehead atoms. The Hall–Kier alpha value is -0.660. The van der Waals surface area contributed by atoms with Gasteiger partial charge < -0.3 is 4.42 Å². The first-order valence-electron chi connectivity index (χ1n) is 4.87. The zero-order chi connectivity index (χ0) is 9.10. The molecule has 0 saturated heterocycles. The summed E-state index contributed by atoms with van der Waals surface area (Å²) in [5, 5.41) is 1.22. The van der Waals surface area contributed by atoms with Gasteiger partial charge in [-0.05, 0) is 18.6 Å². The SMILES string of the molecule is CCCCc1cc2ccccc2o1.Cl.Cl. The van der Waals surface area contributed by atoms with Crippen molar-refractivity contribution in [1.82, 2.24) is 0 Å². The molecule has 0 aliphatic carbocycles. The van der Waals surface area contributed by atoms with E-state index in [-0.39, 0.29) is 24.8 Å². The molecule has 0 aliphatic heterocycles. The van der Waals surface area contributed by atoms with Gasteiger partial charge in [-0.1, -0.05) is 31.5 Å². The summed E-state index contributed by atoms with van der Waals surface area (Å²) in [4.78, 5) is 0. The Balaban J connectivity index is 0.000000980. The van der Waals surface area contributed by atoms with Gasteiger partial charge in [0.25, 0.3) is 0 Å². The van der Waals surface area contributed by atoms with Crippen molar-refractivity contribution >= 4 is 35.8 Å². The molecule has 1 heterocycles. The third-order valence-corrected chi connectivity index (χ3v) is 2.25. The Morgan fingerprint density at radius 3 is 2.53 bits per heavy atom. The average molecular weight is 247 g/mol. The van der Waals surface area contributed by atoms with E-state index in [1.807, 2.05) is 18.2 Å². The Kier molecular flexibility index (Phi) is 6.46. The highest BCUT2D eigenvalue weighted by molar-refractivity contribution is 5.85. The van der Waals surface area contributed by atoms with E-state index in [2.05, 4.69) is 19.1 Å². The summed E-state index contributed by atoms with van der Waals surface area (Å²) >= 11 is 0. The number of fused-ring (bicyclic) bond motifs is 1. The molecule has 3 heteroatoms. The van der Waals surface area contributed by atoms with Gasteiger partial charge in [-0.3, -0.25) is 0 Å². The number of para-hydroxylation sites is 1. The van der Waals surface area contributed by atoms with Gasteiger partial charge in [0.1, 0.15) is 11.3 Å². The molecule has 0 amide bonds. The summed E-state index contributed by atoms with van der Waals surface area (Å²) in [5.41, 5.74) is 1.01. The fraction of sp³-hybridized carbons (Fsp3) is 0.333. The summed E-state index contributed by atoms with van der Waals surface area (Å²) in [6, 6.07) is 10.3. The standard InChI is InChI=1S/C12H14O.2ClH/c1-2-3-7-11-9-10-6-4-5-8-12(10)13-11;;/h4-6,8-9H,2-3,7H2,1H3;2*1H. The number of hydrogen-bond acceptors (Lipinski definition) is 1. The summed E-state index contributed by atoms with van der Waals surface area (Å²) in [6.45, 7) is 2.20. The van der Waals surface area contributed by atoms with E-state index in [0.29, 0.717) is 0 Å². The normalized spacial score (nSPS) is 9.40. The molecule has 0 N–H and O–H groups in total. The second-order valence-corrected chi connectivity index (χ2v) is 3.35. The molecule has 2 rings (SSSR count). The van der Waals surface area contributed by atoms with Crippen LogP contribution in [0.2, 0.25) is 0 Å². The minimum Gasteiger partial charge on any atom is -0.461 e. The van der Waals surface area contributed by atoms with E-state index < -0.39 is 0 Å². The minimum absolute atomic E-state index is 0. The number of halogens is 2. The molecule has 0 fully saturated rings. The second-order valence-electron chi connectivity index (χ2n) is 3.35. The lowest BCUT2D eigenvalue weighted by molar-refractivity contribution is 0.536. The first-order valence-corrected chi connectivity index (χ1v) is 4.87. The van der Waals surface area contributed by atoms with Gasteiger partial charge in [0.05, 0.1) is 0 Å². The van der Waals surface area contributed by atoms with Gasteiger partial charge in [0, 0.05) is 11.8 Å². The molecular formula is C12H16Cl2O. The summed E-state index contributed by atoms with van der Waals surface area (Å²) < 4.78 is 5.67. The average Bonchev–Trinajstić information content (AvgIpc) is 2.57. The quantitative estimate of drug-likeness (QED) is 0.771. The van der Waals surface area contributed by atoms with Crippen LogP contribution in [0.25, 0.3) is 11.0 Å². The monoisotopic (exact) mass is 246 g/mol. The maximum absolute atomic E-state index is 5.67. The Labute approximate surface area is 103 Å². The van der Waals surface area contributed by atoms with Gasteiger partial charge in [-0.25, -0.2) is 0 Å². The molecule has 2 aromatic rings. The van der Waals surface area contributed by atoms with Crippen molar-refractivity contribution in [3.63, 3.8) is 0 Å². The molecule has 0 spiro atoms. The molecule has 15 heavy (non-hydrogen) atoms. The van der Waals surface area contributed by atoms with Crippen molar-refractivity contribution in [1.29, 1.82) is 0 Å². The van der Waals surface area contributed by atoms with E-state index in [1.165, 1.54) is 18.2 Å². The van der Waals surface area contributed by atoms with Crippen LogP contribution in [0.3, 0.4) is 0 Å². The van der Waals surface area contributed by atoms with Crippen molar-refractivity contribution in [3.05, 3.63) is 36.1 Å². The molecule has 0 unspecified atom stereocenters. The van der Waals surface area contributed by atoms with Crippen LogP contribution in [0.5, 0.6) is 0 Å². The summed E-state index contributed by atoms with van der Waals surface area (Å²) in [6.07, 6.45) is 3.49. The second kappa shape index (κ2) is 6.76. The van der Waals surface area contributed by atoms with Crippen LogP contribution in [0.4, 0.5) is 0 Å². The molecule has 84 valence electrons. The van der Waals surface area contributed by atoms with Gasteiger partial charge in [0.15, 0.2) is 0 Å². The van der Waals surface area contributed by atoms with E-state index in [9.17, 15) is 0 Å². The molecule has 0 saturated carbocycles. The van der Waals surface area contributed by atoms with Crippen molar-refractivity contribution < 1.29 is 4.42 Å². The van der Waals surface area contributed by atoms with Crippen LogP contribution >= 0.6 is 24.8 Å². The molecule has 1 aromatic heterocycles.